The van der Waals surface area contributed by atoms with Crippen LogP contribution in [0.4, 0.5) is 0 Å². The number of ether oxygens (including phenoxy) is 4. The third-order valence-corrected chi connectivity index (χ3v) is 18.7. The van der Waals surface area contributed by atoms with Gasteiger partial charge in [-0.05, 0) is 103 Å². The molecule has 0 spiro atoms. The molecule has 5 atom stereocenters. The van der Waals surface area contributed by atoms with E-state index in [-0.39, 0.29) is 25.7 Å². The second-order valence-corrected chi connectivity index (χ2v) is 29.2. The Labute approximate surface area is 585 Å². The first-order chi connectivity index (χ1) is 46.7. The van der Waals surface area contributed by atoms with Crippen LogP contribution < -0.4 is 0 Å². The van der Waals surface area contributed by atoms with Crippen LogP contribution in [0.25, 0.3) is 0 Å². The average molecular weight is 1400 g/mol. The monoisotopic (exact) mass is 1400 g/mol. The van der Waals surface area contributed by atoms with Crippen LogP contribution in [0, 0.1) is 0 Å². The van der Waals surface area contributed by atoms with Crippen molar-refractivity contribution in [3.8, 4) is 0 Å². The Balaban J connectivity index is 5.33. The molecule has 0 radical (unpaired) electrons. The molecule has 562 valence electrons. The van der Waals surface area contributed by atoms with Gasteiger partial charge in [0.2, 0.25) is 0 Å². The van der Waals surface area contributed by atoms with Crippen molar-refractivity contribution in [1.82, 2.24) is 0 Å². The molecule has 0 aromatic carbocycles. The molecule has 0 amide bonds. The summed E-state index contributed by atoms with van der Waals surface area (Å²) in [6, 6.07) is 0. The largest absolute Gasteiger partial charge is 0.472 e. The zero-order valence-corrected chi connectivity index (χ0v) is 63.1. The van der Waals surface area contributed by atoms with Crippen molar-refractivity contribution in [2.45, 2.75) is 380 Å². The summed E-state index contributed by atoms with van der Waals surface area (Å²) in [6.45, 7) is 4.86. The van der Waals surface area contributed by atoms with Gasteiger partial charge in [-0.2, -0.15) is 0 Å². The Morgan fingerprint density at radius 2 is 0.510 bits per heavy atom. The predicted molar refractivity (Wildman–Crippen MR) is 390 cm³/mol. The topological polar surface area (TPSA) is 237 Å². The normalized spacial score (nSPS) is 14.2. The van der Waals surface area contributed by atoms with E-state index in [2.05, 4.69) is 76.3 Å². The number of unbranched alkanes of at least 4 members (excludes halogenated alkanes) is 41. The number of rotatable bonds is 74. The molecule has 0 aliphatic heterocycles. The molecule has 0 aliphatic carbocycles. The Hall–Kier alpha value is -2.98. The van der Waals surface area contributed by atoms with E-state index in [0.29, 0.717) is 25.7 Å². The lowest BCUT2D eigenvalue weighted by atomic mass is 10.0. The minimum Gasteiger partial charge on any atom is -0.462 e. The van der Waals surface area contributed by atoms with Crippen LogP contribution in [-0.2, 0) is 65.4 Å². The zero-order valence-electron chi connectivity index (χ0n) is 61.3. The average Bonchev–Trinajstić information content (AvgIpc) is 1.36. The first kappa shape index (κ1) is 93.0. The first-order valence-corrected chi connectivity index (χ1v) is 41.9. The number of hydrogen-bond acceptors (Lipinski definition) is 15. The predicted octanol–water partition coefficient (Wildman–Crippen LogP) is 22.1. The highest BCUT2D eigenvalue weighted by atomic mass is 31.2. The van der Waals surface area contributed by atoms with Gasteiger partial charge in [0.25, 0.3) is 0 Å². The molecule has 2 unspecified atom stereocenters. The van der Waals surface area contributed by atoms with Gasteiger partial charge in [0.1, 0.15) is 19.3 Å². The van der Waals surface area contributed by atoms with Crippen LogP contribution in [-0.4, -0.2) is 96.7 Å². The van der Waals surface area contributed by atoms with E-state index in [1.165, 1.54) is 141 Å². The van der Waals surface area contributed by atoms with Crippen molar-refractivity contribution in [3.63, 3.8) is 0 Å². The summed E-state index contributed by atoms with van der Waals surface area (Å²) in [5.74, 6) is -2.18. The highest BCUT2D eigenvalue weighted by Gasteiger charge is 2.30. The molecule has 0 aliphatic rings. The Morgan fingerprint density at radius 3 is 0.792 bits per heavy atom. The van der Waals surface area contributed by atoms with E-state index in [1.807, 2.05) is 0 Å². The molecule has 3 N–H and O–H groups in total. The maximum absolute atomic E-state index is 13.1. The van der Waals surface area contributed by atoms with E-state index in [0.717, 1.165) is 141 Å². The molecule has 17 nitrogen and oxygen atoms in total. The van der Waals surface area contributed by atoms with Gasteiger partial charge in [-0.25, -0.2) is 9.13 Å². The fraction of sp³-hybridized carbons (Fsp3) is 0.844. The molecular weight excluding hydrogens is 1260 g/mol. The zero-order chi connectivity index (χ0) is 70.4. The number of esters is 4. The molecular formula is C77H142O17P2. The quantitative estimate of drug-likeness (QED) is 0.0128. The summed E-state index contributed by atoms with van der Waals surface area (Å²) in [5.41, 5.74) is 0. The Morgan fingerprint density at radius 1 is 0.292 bits per heavy atom. The van der Waals surface area contributed by atoms with Crippen LogP contribution in [0.5, 0.6) is 0 Å². The fourth-order valence-corrected chi connectivity index (χ4v) is 12.4. The number of carbonyl (C=O) groups excluding carboxylic acids is 4. The van der Waals surface area contributed by atoms with E-state index in [4.69, 9.17) is 37.0 Å². The number of allylic oxidation sites excluding steroid dienone is 8. The lowest BCUT2D eigenvalue weighted by molar-refractivity contribution is -0.161. The summed E-state index contributed by atoms with van der Waals surface area (Å²) in [7, 11) is -9.94. The lowest BCUT2D eigenvalue weighted by Crippen LogP contribution is -2.30. The van der Waals surface area contributed by atoms with Gasteiger partial charge < -0.3 is 33.8 Å². The molecule has 0 bridgehead atoms. The Kier molecular flexibility index (Phi) is 68.3. The van der Waals surface area contributed by atoms with Crippen molar-refractivity contribution in [2.75, 3.05) is 39.6 Å². The van der Waals surface area contributed by atoms with Gasteiger partial charge in [0, 0.05) is 25.7 Å². The summed E-state index contributed by atoms with van der Waals surface area (Å²) in [5, 5.41) is 10.6. The van der Waals surface area contributed by atoms with Gasteiger partial charge in [0.15, 0.2) is 12.2 Å². The van der Waals surface area contributed by atoms with E-state index in [9.17, 15) is 43.2 Å². The number of phosphoric acid groups is 2. The third-order valence-electron chi connectivity index (χ3n) is 16.8. The van der Waals surface area contributed by atoms with Gasteiger partial charge in [-0.3, -0.25) is 37.3 Å². The van der Waals surface area contributed by atoms with E-state index < -0.39 is 97.5 Å². The van der Waals surface area contributed by atoms with E-state index >= 15 is 0 Å². The highest BCUT2D eigenvalue weighted by molar-refractivity contribution is 7.47. The number of hydrogen-bond donors (Lipinski definition) is 3. The first-order valence-electron chi connectivity index (χ1n) is 38.9. The van der Waals surface area contributed by atoms with Crippen LogP contribution in [0.15, 0.2) is 48.6 Å². The van der Waals surface area contributed by atoms with Crippen LogP contribution in [0.2, 0.25) is 0 Å². The van der Waals surface area contributed by atoms with Gasteiger partial charge in [-0.15, -0.1) is 0 Å². The van der Waals surface area contributed by atoms with Gasteiger partial charge in [0.05, 0.1) is 26.4 Å². The molecule has 0 aromatic heterocycles. The fourth-order valence-electron chi connectivity index (χ4n) is 10.8. The molecule has 19 heteroatoms. The smallest absolute Gasteiger partial charge is 0.462 e. The van der Waals surface area contributed by atoms with Crippen molar-refractivity contribution < 1.29 is 80.2 Å². The molecule has 0 heterocycles. The van der Waals surface area contributed by atoms with Gasteiger partial charge >= 0.3 is 39.5 Å². The van der Waals surface area contributed by atoms with Crippen molar-refractivity contribution >= 4 is 39.5 Å². The molecule has 0 rings (SSSR count). The highest BCUT2D eigenvalue weighted by Crippen LogP contribution is 2.45. The summed E-state index contributed by atoms with van der Waals surface area (Å²) >= 11 is 0. The number of aliphatic hydroxyl groups excluding tert-OH is 1. The van der Waals surface area contributed by atoms with Crippen LogP contribution >= 0.6 is 15.6 Å². The maximum Gasteiger partial charge on any atom is 0.472 e. The van der Waals surface area contributed by atoms with Crippen molar-refractivity contribution in [2.24, 2.45) is 0 Å². The molecule has 96 heavy (non-hydrogen) atoms. The molecule has 0 aromatic rings. The minimum absolute atomic E-state index is 0.0865. The summed E-state index contributed by atoms with van der Waals surface area (Å²) in [4.78, 5) is 72.8. The number of carbonyl (C=O) groups is 4. The summed E-state index contributed by atoms with van der Waals surface area (Å²) < 4.78 is 68.5. The number of aliphatic hydroxyl groups is 1. The molecule has 0 fully saturated rings. The second kappa shape index (κ2) is 70.5. The SMILES string of the molecule is CCCCCC/C=C\C=C/CCCCCCCC(=O)OC[C@H](COP(=O)(O)OC[C@@H](O)COP(=O)(O)OC[C@@H](COC(=O)CCCCCCC/C=C\CCCCCC)OC(=O)CCCCCCCCCCCCCCC)OC(=O)CCCCCCC/C=C\CCCCCCCC. The third kappa shape index (κ3) is 69.5. The van der Waals surface area contributed by atoms with Crippen LogP contribution in [0.3, 0.4) is 0 Å². The lowest BCUT2D eigenvalue weighted by Gasteiger charge is -2.21. The second-order valence-electron chi connectivity index (χ2n) is 26.3. The van der Waals surface area contributed by atoms with E-state index in [1.54, 1.807) is 0 Å². The van der Waals surface area contributed by atoms with Crippen molar-refractivity contribution in [3.05, 3.63) is 48.6 Å². The minimum atomic E-state index is -4.97. The number of phosphoric ester groups is 2. The van der Waals surface area contributed by atoms with Gasteiger partial charge in [-0.1, -0.05) is 282 Å². The van der Waals surface area contributed by atoms with Crippen LogP contribution in [0.1, 0.15) is 362 Å². The Bertz CT molecular complexity index is 2010. The molecule has 0 saturated heterocycles. The standard InChI is InChI=1S/C77H142O17P2/c1-5-9-13-17-21-25-29-33-35-39-42-46-50-54-58-62-75(80)88-68-73(94-77(82)64-60-56-52-48-44-40-36-34-30-26-22-18-14-10-6-2)70-92-96(85,86)90-66-71(78)65-89-95(83,84)91-69-72(93-76(81)63-59-55-51-47-43-38-32-28-24-20-16-12-8-4)67-87-74(79)61-57-53-49-45-41-37-31-27-23-19-15-11-7-3/h25,27,29,31,33-36,71-73,78H,5-24,26,28,30,32,37-70H2,1-4H3,(H,83,84)(H,85,86)/b29-25-,31-27-,35-33-,36-34-/t71-,72+,73+/m0/s1. The maximum atomic E-state index is 13.1. The molecule has 0 saturated carbocycles. The van der Waals surface area contributed by atoms with Crippen molar-refractivity contribution in [1.29, 1.82) is 0 Å². The summed E-state index contributed by atoms with van der Waals surface area (Å²) in [6.07, 6.45) is 66.6.